The quantitative estimate of drug-likeness (QED) is 0.301. The second-order valence-corrected chi connectivity index (χ2v) is 11.8. The van der Waals surface area contributed by atoms with Crippen LogP contribution in [0.3, 0.4) is 0 Å². The first-order valence-corrected chi connectivity index (χ1v) is 13.4. The van der Waals surface area contributed by atoms with Crippen LogP contribution >= 0.6 is 0 Å². The summed E-state index contributed by atoms with van der Waals surface area (Å²) in [5, 5.41) is 4.28. The molecule has 3 rings (SSSR count). The van der Waals surface area contributed by atoms with E-state index in [9.17, 15) is 13.2 Å². The minimum Gasteiger partial charge on any atom is -0.271 e. The fourth-order valence-electron chi connectivity index (χ4n) is 4.03. The van der Waals surface area contributed by atoms with Gasteiger partial charge in [0.25, 0.3) is 15.9 Å². The number of carbonyl (C=O) groups is 1. The van der Waals surface area contributed by atoms with E-state index < -0.39 is 22.5 Å². The second kappa shape index (κ2) is 11.1. The Kier molecular flexibility index (Phi) is 8.35. The lowest BCUT2D eigenvalue weighted by molar-refractivity contribution is -0.119. The minimum absolute atomic E-state index is 0.128. The minimum atomic E-state index is -3.97. The van der Waals surface area contributed by atoms with Crippen molar-refractivity contribution >= 4 is 27.3 Å². The molecule has 0 aliphatic rings. The molecular weight excluding hydrogens is 470 g/mol. The summed E-state index contributed by atoms with van der Waals surface area (Å²) in [6, 6.07) is 22.1. The summed E-state index contributed by atoms with van der Waals surface area (Å²) in [5.74, 6) is -0.513. The third-order valence-electron chi connectivity index (χ3n) is 6.30. The lowest BCUT2D eigenvalue weighted by Gasteiger charge is -2.25. The van der Waals surface area contributed by atoms with Crippen LogP contribution in [0.15, 0.2) is 82.8 Å². The SMILES string of the molecule is C/C(CC(C)(C)c1ccccc1)=N/NC(=O)CN(c1ccc(C)c(C)c1)S(=O)(=O)c1ccc(C)cc1. The first-order chi connectivity index (χ1) is 16.9. The number of sulfonamides is 1. The van der Waals surface area contributed by atoms with E-state index in [0.717, 1.165) is 26.7 Å². The molecule has 0 heterocycles. The number of aryl methyl sites for hydroxylation is 3. The van der Waals surface area contributed by atoms with Crippen LogP contribution in [-0.4, -0.2) is 26.6 Å². The first-order valence-electron chi connectivity index (χ1n) is 11.9. The largest absolute Gasteiger partial charge is 0.271 e. The van der Waals surface area contributed by atoms with E-state index in [4.69, 9.17) is 0 Å². The maximum atomic E-state index is 13.6. The van der Waals surface area contributed by atoms with Gasteiger partial charge in [-0.2, -0.15) is 5.10 Å². The molecule has 0 saturated heterocycles. The molecule has 1 N–H and O–H groups in total. The Morgan fingerprint density at radius 3 is 2.17 bits per heavy atom. The number of nitrogens with one attached hydrogen (secondary N) is 1. The average molecular weight is 506 g/mol. The van der Waals surface area contributed by atoms with Crippen molar-refractivity contribution in [3.8, 4) is 0 Å². The zero-order valence-corrected chi connectivity index (χ0v) is 22.7. The fraction of sp³-hybridized carbons (Fsp3) is 0.310. The maximum absolute atomic E-state index is 13.6. The van der Waals surface area contributed by atoms with Crippen molar-refractivity contribution in [2.24, 2.45) is 5.10 Å². The topological polar surface area (TPSA) is 78.8 Å². The number of amides is 1. The van der Waals surface area contributed by atoms with E-state index in [-0.39, 0.29) is 10.3 Å². The van der Waals surface area contributed by atoms with Gasteiger partial charge in [-0.05, 0) is 80.5 Å². The predicted molar refractivity (Wildman–Crippen MR) is 147 cm³/mol. The number of hydrogen-bond donors (Lipinski definition) is 1. The zero-order valence-electron chi connectivity index (χ0n) is 21.9. The molecule has 190 valence electrons. The average Bonchev–Trinajstić information content (AvgIpc) is 2.83. The number of rotatable bonds is 9. The standard InChI is InChI=1S/C29H35N3O3S/c1-21-12-16-27(17-13-21)36(34,35)32(26-15-14-22(2)23(3)18-26)20-28(33)31-30-24(4)19-29(5,6)25-10-8-7-9-11-25/h7-18H,19-20H2,1-6H3,(H,31,33)/b30-24-. The Balaban J connectivity index is 1.82. The van der Waals surface area contributed by atoms with Crippen molar-refractivity contribution in [2.75, 3.05) is 10.8 Å². The van der Waals surface area contributed by atoms with Crippen LogP contribution < -0.4 is 9.73 Å². The highest BCUT2D eigenvalue weighted by Gasteiger charge is 2.28. The number of hydrazone groups is 1. The van der Waals surface area contributed by atoms with E-state index in [1.165, 1.54) is 5.56 Å². The Hall–Kier alpha value is -3.45. The fourth-order valence-corrected chi connectivity index (χ4v) is 5.44. The molecule has 0 bridgehead atoms. The van der Waals surface area contributed by atoms with Crippen molar-refractivity contribution in [1.82, 2.24) is 5.43 Å². The molecule has 36 heavy (non-hydrogen) atoms. The van der Waals surface area contributed by atoms with Gasteiger partial charge >= 0.3 is 0 Å². The molecule has 0 unspecified atom stereocenters. The van der Waals surface area contributed by atoms with Gasteiger partial charge in [-0.15, -0.1) is 0 Å². The molecular formula is C29H35N3O3S. The van der Waals surface area contributed by atoms with E-state index in [2.05, 4.69) is 36.5 Å². The third-order valence-corrected chi connectivity index (χ3v) is 8.09. The van der Waals surface area contributed by atoms with Gasteiger partial charge in [0.2, 0.25) is 0 Å². The lowest BCUT2D eigenvalue weighted by atomic mass is 9.80. The smallest absolute Gasteiger partial charge is 0.264 e. The third kappa shape index (κ3) is 6.61. The molecule has 0 radical (unpaired) electrons. The molecule has 0 aliphatic carbocycles. The van der Waals surface area contributed by atoms with E-state index >= 15 is 0 Å². The molecule has 0 atom stereocenters. The highest BCUT2D eigenvalue weighted by Crippen LogP contribution is 2.28. The second-order valence-electron chi connectivity index (χ2n) is 9.90. The van der Waals surface area contributed by atoms with Crippen LogP contribution in [0.25, 0.3) is 0 Å². The summed E-state index contributed by atoms with van der Waals surface area (Å²) in [7, 11) is -3.97. The molecule has 0 saturated carbocycles. The molecule has 0 aromatic heterocycles. The Morgan fingerprint density at radius 1 is 0.917 bits per heavy atom. The molecule has 1 amide bonds. The Morgan fingerprint density at radius 2 is 1.56 bits per heavy atom. The summed E-state index contributed by atoms with van der Waals surface area (Å²) in [5.41, 5.74) is 7.67. The van der Waals surface area contributed by atoms with Crippen LogP contribution in [-0.2, 0) is 20.2 Å². The van der Waals surface area contributed by atoms with Gasteiger partial charge in [0.1, 0.15) is 6.54 Å². The number of nitrogens with zero attached hydrogens (tertiary/aromatic N) is 2. The number of benzene rings is 3. The van der Waals surface area contributed by atoms with E-state index in [0.29, 0.717) is 12.1 Å². The molecule has 0 fully saturated rings. The number of carbonyl (C=O) groups excluding carboxylic acids is 1. The molecule has 7 heteroatoms. The highest BCUT2D eigenvalue weighted by atomic mass is 32.2. The van der Waals surface area contributed by atoms with Crippen LogP contribution in [0, 0.1) is 20.8 Å². The lowest BCUT2D eigenvalue weighted by Crippen LogP contribution is -2.40. The zero-order chi connectivity index (χ0) is 26.5. The van der Waals surface area contributed by atoms with Crippen LogP contribution in [0.2, 0.25) is 0 Å². The molecule has 3 aromatic rings. The highest BCUT2D eigenvalue weighted by molar-refractivity contribution is 7.92. The number of hydrogen-bond acceptors (Lipinski definition) is 4. The molecule has 6 nitrogen and oxygen atoms in total. The van der Waals surface area contributed by atoms with Crippen LogP contribution in [0.5, 0.6) is 0 Å². The summed E-state index contributed by atoms with van der Waals surface area (Å²) in [6.07, 6.45) is 0.639. The summed E-state index contributed by atoms with van der Waals surface area (Å²) >= 11 is 0. The molecule has 3 aromatic carbocycles. The van der Waals surface area contributed by atoms with E-state index in [1.54, 1.807) is 36.4 Å². The monoisotopic (exact) mass is 505 g/mol. The van der Waals surface area contributed by atoms with E-state index in [1.807, 2.05) is 52.0 Å². The Labute approximate surface area is 215 Å². The maximum Gasteiger partial charge on any atom is 0.264 e. The normalized spacial score (nSPS) is 12.3. The summed E-state index contributed by atoms with van der Waals surface area (Å²) < 4.78 is 28.3. The number of anilines is 1. The molecule has 0 aliphatic heterocycles. The van der Waals surface area contributed by atoms with Gasteiger partial charge in [-0.3, -0.25) is 9.10 Å². The first kappa shape index (κ1) is 27.1. The van der Waals surface area contributed by atoms with Gasteiger partial charge in [0.05, 0.1) is 10.6 Å². The van der Waals surface area contributed by atoms with Crippen LogP contribution in [0.4, 0.5) is 5.69 Å². The summed E-state index contributed by atoms with van der Waals surface area (Å²) in [6.45, 7) is 11.5. The van der Waals surface area contributed by atoms with Crippen molar-refractivity contribution in [2.45, 2.75) is 58.3 Å². The van der Waals surface area contributed by atoms with Gasteiger partial charge in [-0.25, -0.2) is 13.8 Å². The van der Waals surface area contributed by atoms with Gasteiger partial charge < -0.3 is 0 Å². The van der Waals surface area contributed by atoms with Gasteiger partial charge in [0, 0.05) is 5.71 Å². The van der Waals surface area contributed by atoms with Crippen LogP contribution in [0.1, 0.15) is 49.4 Å². The van der Waals surface area contributed by atoms with Crippen molar-refractivity contribution in [3.63, 3.8) is 0 Å². The van der Waals surface area contributed by atoms with Gasteiger partial charge in [0.15, 0.2) is 0 Å². The predicted octanol–water partition coefficient (Wildman–Crippen LogP) is 5.67. The van der Waals surface area contributed by atoms with Crippen molar-refractivity contribution < 1.29 is 13.2 Å². The van der Waals surface area contributed by atoms with Crippen molar-refractivity contribution in [3.05, 3.63) is 95.1 Å². The molecule has 0 spiro atoms. The van der Waals surface area contributed by atoms with Crippen molar-refractivity contribution in [1.29, 1.82) is 0 Å². The summed E-state index contributed by atoms with van der Waals surface area (Å²) in [4.78, 5) is 13.1. The van der Waals surface area contributed by atoms with Gasteiger partial charge in [-0.1, -0.05) is 67.9 Å². The Bertz CT molecular complexity index is 1350.